The summed E-state index contributed by atoms with van der Waals surface area (Å²) in [6.07, 6.45) is 4.05. The van der Waals surface area contributed by atoms with Crippen molar-refractivity contribution in [3.63, 3.8) is 0 Å². The Kier molecular flexibility index (Phi) is 6.31. The molecule has 0 unspecified atom stereocenters. The van der Waals surface area contributed by atoms with Crippen LogP contribution in [0.5, 0.6) is 0 Å². The molecule has 0 bridgehead atoms. The lowest BCUT2D eigenvalue weighted by Crippen LogP contribution is -2.44. The Balaban J connectivity index is 0.00000200. The highest BCUT2D eigenvalue weighted by atomic mass is 35.5. The van der Waals surface area contributed by atoms with Crippen molar-refractivity contribution in [2.75, 3.05) is 13.6 Å². The van der Waals surface area contributed by atoms with Gasteiger partial charge in [-0.1, -0.05) is 36.6 Å². The Morgan fingerprint density at radius 2 is 2.05 bits per heavy atom. The van der Waals surface area contributed by atoms with E-state index in [2.05, 4.69) is 0 Å². The molecule has 0 radical (unpaired) electrons. The fourth-order valence-corrected chi connectivity index (χ4v) is 3.16. The molecule has 1 saturated carbocycles. The van der Waals surface area contributed by atoms with Gasteiger partial charge in [0.15, 0.2) is 0 Å². The molecule has 1 amide bonds. The van der Waals surface area contributed by atoms with Crippen LogP contribution in [0.25, 0.3) is 0 Å². The predicted molar refractivity (Wildman–Crippen MR) is 85.1 cm³/mol. The van der Waals surface area contributed by atoms with E-state index in [1.165, 1.54) is 0 Å². The number of halogens is 2. The molecule has 5 heteroatoms. The third kappa shape index (κ3) is 3.66. The van der Waals surface area contributed by atoms with Crippen LogP contribution < -0.4 is 5.73 Å². The normalized spacial score (nSPS) is 16.6. The van der Waals surface area contributed by atoms with Gasteiger partial charge in [0, 0.05) is 25.2 Å². The van der Waals surface area contributed by atoms with Crippen molar-refractivity contribution in [3.05, 3.63) is 34.9 Å². The summed E-state index contributed by atoms with van der Waals surface area (Å²) in [6.45, 7) is 1.03. The Morgan fingerprint density at radius 3 is 2.60 bits per heavy atom. The molecule has 1 aromatic carbocycles. The molecule has 3 nitrogen and oxygen atoms in total. The molecule has 0 spiro atoms. The monoisotopic (exact) mass is 316 g/mol. The fraction of sp³-hybridized carbons (Fsp3) is 0.533. The maximum atomic E-state index is 12.6. The lowest BCUT2D eigenvalue weighted by Gasteiger charge is -2.31. The van der Waals surface area contributed by atoms with Gasteiger partial charge in [0.1, 0.15) is 0 Å². The summed E-state index contributed by atoms with van der Waals surface area (Å²) in [5, 5.41) is 0.702. The zero-order chi connectivity index (χ0) is 13.9. The highest BCUT2D eigenvalue weighted by Crippen LogP contribution is 2.38. The van der Waals surface area contributed by atoms with Gasteiger partial charge in [-0.15, -0.1) is 12.4 Å². The molecule has 0 saturated heterocycles. The molecule has 1 aliphatic carbocycles. The number of amides is 1. The molecular weight excluding hydrogens is 295 g/mol. The molecule has 1 aromatic rings. The number of hydrogen-bond donors (Lipinski definition) is 1. The van der Waals surface area contributed by atoms with Crippen molar-refractivity contribution < 1.29 is 4.79 Å². The number of benzene rings is 1. The van der Waals surface area contributed by atoms with E-state index in [4.69, 9.17) is 17.3 Å². The van der Waals surface area contributed by atoms with Gasteiger partial charge in [-0.2, -0.15) is 0 Å². The molecule has 1 fully saturated rings. The van der Waals surface area contributed by atoms with E-state index in [1.54, 1.807) is 4.90 Å². The molecule has 0 atom stereocenters. The van der Waals surface area contributed by atoms with Gasteiger partial charge in [-0.05, 0) is 30.5 Å². The maximum Gasteiger partial charge on any atom is 0.230 e. The predicted octanol–water partition coefficient (Wildman–Crippen LogP) is 3.24. The van der Waals surface area contributed by atoms with Crippen molar-refractivity contribution in [2.24, 2.45) is 11.1 Å². The second-order valence-corrected chi connectivity index (χ2v) is 5.92. The first-order valence-electron chi connectivity index (χ1n) is 6.77. The lowest BCUT2D eigenvalue weighted by atomic mass is 9.84. The topological polar surface area (TPSA) is 46.3 Å². The van der Waals surface area contributed by atoms with Gasteiger partial charge in [-0.25, -0.2) is 0 Å². The summed E-state index contributed by atoms with van der Waals surface area (Å²) in [4.78, 5) is 14.4. The van der Waals surface area contributed by atoms with Crippen LogP contribution in [0.2, 0.25) is 5.02 Å². The maximum absolute atomic E-state index is 12.6. The van der Waals surface area contributed by atoms with Crippen LogP contribution in [-0.4, -0.2) is 24.4 Å². The third-order valence-corrected chi connectivity index (χ3v) is 4.30. The average molecular weight is 317 g/mol. The molecule has 0 heterocycles. The molecule has 0 aliphatic heterocycles. The Morgan fingerprint density at radius 1 is 1.40 bits per heavy atom. The average Bonchev–Trinajstić information content (AvgIpc) is 2.87. The summed E-state index contributed by atoms with van der Waals surface area (Å²) >= 11 is 5.97. The second-order valence-electron chi connectivity index (χ2n) is 5.48. The SMILES string of the molecule is CN(Cc1cccc(Cl)c1)C(=O)C1(CN)CCCC1.Cl. The van der Waals surface area contributed by atoms with E-state index < -0.39 is 0 Å². The zero-order valence-electron chi connectivity index (χ0n) is 11.8. The second kappa shape index (κ2) is 7.30. The van der Waals surface area contributed by atoms with Crippen LogP contribution in [-0.2, 0) is 11.3 Å². The summed E-state index contributed by atoms with van der Waals surface area (Å²) < 4.78 is 0. The van der Waals surface area contributed by atoms with Crippen LogP contribution in [0, 0.1) is 5.41 Å². The largest absolute Gasteiger partial charge is 0.341 e. The van der Waals surface area contributed by atoms with E-state index in [-0.39, 0.29) is 23.7 Å². The third-order valence-electron chi connectivity index (χ3n) is 4.06. The van der Waals surface area contributed by atoms with Crippen LogP contribution in [0.3, 0.4) is 0 Å². The Hall–Kier alpha value is -0.770. The number of nitrogens with two attached hydrogens (primary N) is 1. The van der Waals surface area contributed by atoms with Gasteiger partial charge in [-0.3, -0.25) is 4.79 Å². The highest BCUT2D eigenvalue weighted by molar-refractivity contribution is 6.30. The minimum Gasteiger partial charge on any atom is -0.341 e. The van der Waals surface area contributed by atoms with Gasteiger partial charge in [0.05, 0.1) is 5.41 Å². The van der Waals surface area contributed by atoms with Crippen LogP contribution >= 0.6 is 24.0 Å². The smallest absolute Gasteiger partial charge is 0.230 e. The summed E-state index contributed by atoms with van der Waals surface area (Å²) in [5.41, 5.74) is 6.58. The van der Waals surface area contributed by atoms with Crippen LogP contribution in [0.1, 0.15) is 31.2 Å². The molecule has 0 aromatic heterocycles. The zero-order valence-corrected chi connectivity index (χ0v) is 13.3. The van der Waals surface area contributed by atoms with E-state index in [0.29, 0.717) is 18.1 Å². The molecule has 2 N–H and O–H groups in total. The first-order chi connectivity index (χ1) is 9.07. The molecule has 20 heavy (non-hydrogen) atoms. The number of carbonyl (C=O) groups excluding carboxylic acids is 1. The Bertz CT molecular complexity index is 459. The molecule has 2 rings (SSSR count). The number of carbonyl (C=O) groups is 1. The van der Waals surface area contributed by atoms with Crippen molar-refractivity contribution >= 4 is 29.9 Å². The molecule has 112 valence electrons. The van der Waals surface area contributed by atoms with Crippen molar-refractivity contribution in [1.29, 1.82) is 0 Å². The summed E-state index contributed by atoms with van der Waals surface area (Å²) in [5.74, 6) is 0.174. The van der Waals surface area contributed by atoms with Gasteiger partial charge >= 0.3 is 0 Å². The lowest BCUT2D eigenvalue weighted by molar-refractivity contribution is -0.140. The van der Waals surface area contributed by atoms with E-state index >= 15 is 0 Å². The molecule has 1 aliphatic rings. The first kappa shape index (κ1) is 17.3. The molecular formula is C15H22Cl2N2O. The van der Waals surface area contributed by atoms with E-state index in [9.17, 15) is 4.79 Å². The van der Waals surface area contributed by atoms with E-state index in [1.807, 2.05) is 31.3 Å². The van der Waals surface area contributed by atoms with Crippen molar-refractivity contribution in [2.45, 2.75) is 32.2 Å². The van der Waals surface area contributed by atoms with Crippen LogP contribution in [0.15, 0.2) is 24.3 Å². The minimum absolute atomic E-state index is 0. The number of hydrogen-bond acceptors (Lipinski definition) is 2. The fourth-order valence-electron chi connectivity index (χ4n) is 2.94. The Labute approximate surface area is 131 Å². The van der Waals surface area contributed by atoms with Gasteiger partial charge in [0.25, 0.3) is 0 Å². The van der Waals surface area contributed by atoms with Gasteiger partial charge in [0.2, 0.25) is 5.91 Å². The first-order valence-corrected chi connectivity index (χ1v) is 7.15. The quantitative estimate of drug-likeness (QED) is 0.926. The highest BCUT2D eigenvalue weighted by Gasteiger charge is 2.41. The van der Waals surface area contributed by atoms with E-state index in [0.717, 1.165) is 31.2 Å². The van der Waals surface area contributed by atoms with Crippen molar-refractivity contribution in [1.82, 2.24) is 4.90 Å². The summed E-state index contributed by atoms with van der Waals surface area (Å²) in [6, 6.07) is 7.63. The summed E-state index contributed by atoms with van der Waals surface area (Å²) in [7, 11) is 1.85. The van der Waals surface area contributed by atoms with Crippen molar-refractivity contribution in [3.8, 4) is 0 Å². The van der Waals surface area contributed by atoms with Gasteiger partial charge < -0.3 is 10.6 Å². The number of rotatable bonds is 4. The standard InChI is InChI=1S/C15H21ClN2O.ClH/c1-18(10-12-5-4-6-13(16)9-12)14(19)15(11-17)7-2-3-8-15;/h4-6,9H,2-3,7-8,10-11,17H2,1H3;1H. The van der Waals surface area contributed by atoms with Crippen LogP contribution in [0.4, 0.5) is 0 Å². The number of nitrogens with zero attached hydrogens (tertiary/aromatic N) is 1. The minimum atomic E-state index is -0.326.